The van der Waals surface area contributed by atoms with Crippen LogP contribution < -0.4 is 16.6 Å². The molecule has 248 valence electrons. The molecule has 1 unspecified atom stereocenters. The zero-order chi connectivity index (χ0) is 33.3. The first-order chi connectivity index (χ1) is 21.2. The number of benzene rings is 1. The zero-order valence-electron chi connectivity index (χ0n) is 27.0. The van der Waals surface area contributed by atoms with E-state index in [0.29, 0.717) is 12.1 Å². The van der Waals surface area contributed by atoms with Crippen molar-refractivity contribution in [1.82, 2.24) is 14.2 Å². The molecule has 2 aromatic rings. The number of rotatable bonds is 14. The van der Waals surface area contributed by atoms with Gasteiger partial charge in [-0.2, -0.15) is 0 Å². The van der Waals surface area contributed by atoms with Crippen LogP contribution >= 0.6 is 30.1 Å². The normalized spacial score (nSPS) is 20.8. The smallest absolute Gasteiger partial charge is 0.412 e. The Balaban J connectivity index is 1.99. The van der Waals surface area contributed by atoms with Gasteiger partial charge in [0.1, 0.15) is 12.7 Å². The van der Waals surface area contributed by atoms with Gasteiger partial charge in [-0.25, -0.2) is 20.8 Å². The zero-order valence-corrected chi connectivity index (χ0v) is 29.5. The van der Waals surface area contributed by atoms with Gasteiger partial charge < -0.3 is 23.4 Å². The van der Waals surface area contributed by atoms with Crippen LogP contribution in [-0.2, 0) is 18.5 Å². The summed E-state index contributed by atoms with van der Waals surface area (Å²) in [6.07, 6.45) is -2.60. The molecule has 1 aliphatic rings. The lowest BCUT2D eigenvalue weighted by molar-refractivity contribution is -0.0428. The minimum Gasteiger partial charge on any atom is -0.438 e. The second-order valence-electron chi connectivity index (χ2n) is 11.9. The Kier molecular flexibility index (Phi) is 14.0. The van der Waals surface area contributed by atoms with E-state index in [2.05, 4.69) is 40.6 Å². The predicted octanol–water partition coefficient (Wildman–Crippen LogP) is 6.67. The number of aromatic amines is 1. The fourth-order valence-electron chi connectivity index (χ4n) is 4.61. The van der Waals surface area contributed by atoms with E-state index < -0.39 is 50.4 Å². The van der Waals surface area contributed by atoms with Gasteiger partial charge in [0, 0.05) is 34.0 Å². The van der Waals surface area contributed by atoms with E-state index in [1.807, 2.05) is 52.8 Å². The van der Waals surface area contributed by atoms with E-state index in [0.717, 1.165) is 4.90 Å². The summed E-state index contributed by atoms with van der Waals surface area (Å²) >= 11 is 0. The Hall–Kier alpha value is -2.37. The molecular weight excluding hydrogens is 637 g/mol. The highest BCUT2D eigenvalue weighted by molar-refractivity contribution is 8.77. The van der Waals surface area contributed by atoms with E-state index >= 15 is 0 Å². The van der Waals surface area contributed by atoms with Crippen LogP contribution in [0.5, 0.6) is 0 Å². The largest absolute Gasteiger partial charge is 0.438 e. The summed E-state index contributed by atoms with van der Waals surface area (Å²) in [6, 6.07) is 8.70. The minimum atomic E-state index is -1.73. The number of carbonyl (C=O) groups excluding carboxylic acids is 1. The van der Waals surface area contributed by atoms with Gasteiger partial charge in [-0.05, 0) is 46.2 Å². The van der Waals surface area contributed by atoms with Crippen LogP contribution in [-0.4, -0.2) is 68.6 Å². The molecule has 0 aliphatic carbocycles. The minimum absolute atomic E-state index is 0.00855. The van der Waals surface area contributed by atoms with E-state index in [1.54, 1.807) is 27.7 Å². The molecule has 15 heteroatoms. The molecule has 1 aromatic carbocycles. The van der Waals surface area contributed by atoms with Gasteiger partial charge in [-0.3, -0.25) is 19.7 Å². The molecule has 12 nitrogen and oxygen atoms in total. The summed E-state index contributed by atoms with van der Waals surface area (Å²) in [5.41, 5.74) is -0.701. The summed E-state index contributed by atoms with van der Waals surface area (Å²) in [6.45, 7) is 23.8. The van der Waals surface area contributed by atoms with Crippen LogP contribution in [0.2, 0.25) is 0 Å². The van der Waals surface area contributed by atoms with Gasteiger partial charge in [-0.1, -0.05) is 61.4 Å². The molecule has 3 rings (SSSR count). The second-order valence-corrected chi connectivity index (χ2v) is 16.3. The standard InChI is InChI=1S/C30H44N5O7PS2/c1-10-22-25(42-43(39-18-16-31-9)35(19(2)3)20(4)5)26(27(40-22)34-17-15-24(36)33-28(34)37)41-29(38)32-21-13-11-12-14-23(21)44-45-30(6,7)8/h11-15,17,19-20,22,25-27H,10,16,18H2,1-8H3,(H,32,38)(H,33,36,37)/t22-,25-,26-,27-,43?/m1/s1. The molecule has 5 atom stereocenters. The topological polar surface area (TPSA) is 128 Å². The molecule has 45 heavy (non-hydrogen) atoms. The Bertz CT molecular complexity index is 1420. The SMILES string of the molecule is [C-]#[N+]CCOP(O[C@H]1[C@@H](OC(=O)Nc2ccccc2SSC(C)(C)C)[C@H](n2ccc(=O)[nH]c2=O)O[C@@H]1CC)N(C(C)C)C(C)C. The van der Waals surface area contributed by atoms with Crippen LogP contribution in [0, 0.1) is 6.57 Å². The number of hydrogen-bond donors (Lipinski definition) is 2. The summed E-state index contributed by atoms with van der Waals surface area (Å²) in [5.74, 6) is 0. The number of H-pyrrole nitrogens is 1. The fourth-order valence-corrected chi connectivity index (χ4v) is 8.51. The molecular formula is C30H44N5O7PS2. The lowest BCUT2D eigenvalue weighted by Crippen LogP contribution is -2.43. The maximum atomic E-state index is 13.5. The third-order valence-corrected chi connectivity index (χ3v) is 12.0. The third kappa shape index (κ3) is 10.6. The lowest BCUT2D eigenvalue weighted by atomic mass is 10.1. The number of para-hydroxylation sites is 1. The predicted molar refractivity (Wildman–Crippen MR) is 180 cm³/mol. The van der Waals surface area contributed by atoms with Crippen LogP contribution in [0.1, 0.15) is 68.0 Å². The Morgan fingerprint density at radius 3 is 2.47 bits per heavy atom. The summed E-state index contributed by atoms with van der Waals surface area (Å²) in [7, 11) is 1.48. The molecule has 1 aromatic heterocycles. The highest BCUT2D eigenvalue weighted by Crippen LogP contribution is 2.51. The fraction of sp³-hybridized carbons (Fsp3) is 0.600. The Morgan fingerprint density at radius 2 is 1.87 bits per heavy atom. The van der Waals surface area contributed by atoms with Crippen molar-refractivity contribution in [1.29, 1.82) is 0 Å². The first-order valence-electron chi connectivity index (χ1n) is 14.9. The highest BCUT2D eigenvalue weighted by Gasteiger charge is 2.51. The summed E-state index contributed by atoms with van der Waals surface area (Å²) in [5, 5.41) is 2.86. The van der Waals surface area contributed by atoms with Crippen molar-refractivity contribution < 1.29 is 23.3 Å². The van der Waals surface area contributed by atoms with E-state index in [9.17, 15) is 14.4 Å². The van der Waals surface area contributed by atoms with Crippen molar-refractivity contribution in [3.8, 4) is 0 Å². The number of aromatic nitrogens is 2. The first kappa shape index (κ1) is 37.1. The molecule has 0 bridgehead atoms. The van der Waals surface area contributed by atoms with E-state index in [-0.39, 0.29) is 30.0 Å². The molecule has 0 saturated carbocycles. The average molecular weight is 682 g/mol. The van der Waals surface area contributed by atoms with E-state index in [4.69, 9.17) is 25.1 Å². The van der Waals surface area contributed by atoms with Crippen LogP contribution in [0.15, 0.2) is 51.0 Å². The van der Waals surface area contributed by atoms with Crippen molar-refractivity contribution in [2.24, 2.45) is 0 Å². The molecule has 1 fully saturated rings. The number of anilines is 1. The number of hydrogen-bond acceptors (Lipinski definition) is 10. The number of nitrogens with zero attached hydrogens (tertiary/aromatic N) is 3. The van der Waals surface area contributed by atoms with Crippen molar-refractivity contribution in [2.75, 3.05) is 18.5 Å². The van der Waals surface area contributed by atoms with Gasteiger partial charge in [0.15, 0.2) is 12.3 Å². The number of ether oxygens (including phenoxy) is 2. The average Bonchev–Trinajstić information content (AvgIpc) is 3.28. The molecule has 0 radical (unpaired) electrons. The van der Waals surface area contributed by atoms with Crippen LogP contribution in [0.3, 0.4) is 0 Å². The van der Waals surface area contributed by atoms with Gasteiger partial charge in [-0.15, -0.1) is 0 Å². The monoisotopic (exact) mass is 681 g/mol. The number of nitrogens with one attached hydrogen (secondary N) is 2. The molecule has 2 heterocycles. The van der Waals surface area contributed by atoms with E-state index in [1.165, 1.54) is 16.8 Å². The quantitative estimate of drug-likeness (QED) is 0.0966. The Morgan fingerprint density at radius 1 is 1.18 bits per heavy atom. The molecule has 1 aliphatic heterocycles. The van der Waals surface area contributed by atoms with Crippen molar-refractivity contribution in [3.05, 3.63) is 68.8 Å². The Labute approximate surface area is 274 Å². The molecule has 1 saturated heterocycles. The molecule has 1 amide bonds. The van der Waals surface area contributed by atoms with Gasteiger partial charge in [0.2, 0.25) is 6.54 Å². The van der Waals surface area contributed by atoms with Gasteiger partial charge in [0.05, 0.1) is 11.8 Å². The van der Waals surface area contributed by atoms with Gasteiger partial charge in [0.25, 0.3) is 14.1 Å². The molecule has 2 N–H and O–H groups in total. The summed E-state index contributed by atoms with van der Waals surface area (Å²) in [4.78, 5) is 44.8. The highest BCUT2D eigenvalue weighted by atomic mass is 33.1. The third-order valence-electron chi connectivity index (χ3n) is 6.42. The number of carbonyl (C=O) groups is 1. The number of amides is 1. The summed E-state index contributed by atoms with van der Waals surface area (Å²) < 4.78 is 28.4. The van der Waals surface area contributed by atoms with Crippen molar-refractivity contribution in [3.63, 3.8) is 0 Å². The first-order valence-corrected chi connectivity index (χ1v) is 18.1. The van der Waals surface area contributed by atoms with Crippen molar-refractivity contribution in [2.45, 2.75) is 108 Å². The van der Waals surface area contributed by atoms with Crippen LogP contribution in [0.25, 0.3) is 4.85 Å². The van der Waals surface area contributed by atoms with Crippen LogP contribution in [0.4, 0.5) is 10.5 Å². The maximum Gasteiger partial charge on any atom is 0.412 e. The molecule has 0 spiro atoms. The maximum absolute atomic E-state index is 13.5. The second kappa shape index (κ2) is 17.0. The van der Waals surface area contributed by atoms with Crippen molar-refractivity contribution >= 4 is 41.9 Å². The lowest BCUT2D eigenvalue weighted by Gasteiger charge is -2.38. The van der Waals surface area contributed by atoms with Gasteiger partial charge >= 0.3 is 11.8 Å².